The van der Waals surface area contributed by atoms with Gasteiger partial charge in [0.05, 0.1) is 6.61 Å². The van der Waals surface area contributed by atoms with Crippen LogP contribution in [0.5, 0.6) is 5.75 Å². The molecule has 0 aliphatic rings. The second-order valence-corrected chi connectivity index (χ2v) is 3.56. The molecule has 0 bridgehead atoms. The molecule has 1 aromatic rings. The summed E-state index contributed by atoms with van der Waals surface area (Å²) in [5.74, 6) is 0.813. The van der Waals surface area contributed by atoms with Crippen LogP contribution in [0.15, 0.2) is 24.3 Å². The Morgan fingerprint density at radius 2 is 1.76 bits per heavy atom. The second kappa shape index (κ2) is 6.78. The molecule has 1 aromatic carbocycles. The third-order valence-corrected chi connectivity index (χ3v) is 2.47. The van der Waals surface area contributed by atoms with E-state index in [9.17, 15) is 4.79 Å². The van der Waals surface area contributed by atoms with Gasteiger partial charge >= 0.3 is 6.03 Å². The summed E-state index contributed by atoms with van der Waals surface area (Å²) in [6.45, 7) is 7.92. The summed E-state index contributed by atoms with van der Waals surface area (Å²) in [5, 5.41) is 2.84. The molecule has 0 spiro atoms. The van der Waals surface area contributed by atoms with Crippen LogP contribution in [-0.4, -0.2) is 30.6 Å². The summed E-state index contributed by atoms with van der Waals surface area (Å²) in [7, 11) is 0. The smallest absolute Gasteiger partial charge is 0.321 e. The van der Waals surface area contributed by atoms with Crippen LogP contribution in [0, 0.1) is 0 Å². The molecule has 4 heteroatoms. The lowest BCUT2D eigenvalue weighted by Crippen LogP contribution is -2.34. The summed E-state index contributed by atoms with van der Waals surface area (Å²) in [4.78, 5) is 13.5. The van der Waals surface area contributed by atoms with Crippen molar-refractivity contribution in [2.24, 2.45) is 0 Å². The Hall–Kier alpha value is -1.71. The van der Waals surface area contributed by atoms with E-state index in [0.29, 0.717) is 19.7 Å². The average molecular weight is 236 g/mol. The number of nitrogens with one attached hydrogen (secondary N) is 1. The molecule has 0 radical (unpaired) electrons. The van der Waals surface area contributed by atoms with Gasteiger partial charge in [-0.2, -0.15) is 0 Å². The molecule has 0 atom stereocenters. The highest BCUT2D eigenvalue weighted by Crippen LogP contribution is 2.15. The molecular formula is C13H20N2O2. The molecule has 17 heavy (non-hydrogen) atoms. The highest BCUT2D eigenvalue weighted by atomic mass is 16.5. The number of carbonyl (C=O) groups excluding carboxylic acids is 1. The first-order valence-electron chi connectivity index (χ1n) is 6.00. The maximum absolute atomic E-state index is 11.8. The standard InChI is InChI=1S/C13H20N2O2/c1-4-15(5-2)13(16)14-11-7-9-12(10-8-11)17-6-3/h7-10H,4-6H2,1-3H3,(H,14,16). The van der Waals surface area contributed by atoms with Gasteiger partial charge in [0.1, 0.15) is 5.75 Å². The molecule has 0 saturated heterocycles. The summed E-state index contributed by atoms with van der Waals surface area (Å²) >= 11 is 0. The Labute approximate surface area is 103 Å². The molecule has 0 aromatic heterocycles. The van der Waals surface area contributed by atoms with Crippen molar-refractivity contribution in [2.75, 3.05) is 25.0 Å². The SMILES string of the molecule is CCOc1ccc(NC(=O)N(CC)CC)cc1. The Morgan fingerprint density at radius 3 is 2.24 bits per heavy atom. The first-order chi connectivity index (χ1) is 8.21. The van der Waals surface area contributed by atoms with Crippen molar-refractivity contribution in [2.45, 2.75) is 20.8 Å². The number of amides is 2. The van der Waals surface area contributed by atoms with Gasteiger partial charge in [0.15, 0.2) is 0 Å². The summed E-state index contributed by atoms with van der Waals surface area (Å²) in [6.07, 6.45) is 0. The number of urea groups is 1. The third kappa shape index (κ3) is 3.98. The van der Waals surface area contributed by atoms with Crippen LogP contribution in [0.4, 0.5) is 10.5 Å². The van der Waals surface area contributed by atoms with Crippen LogP contribution < -0.4 is 10.1 Å². The molecular weight excluding hydrogens is 216 g/mol. The number of carbonyl (C=O) groups is 1. The van der Waals surface area contributed by atoms with Gasteiger partial charge in [-0.05, 0) is 45.0 Å². The number of ether oxygens (including phenoxy) is 1. The zero-order chi connectivity index (χ0) is 12.7. The normalized spacial score (nSPS) is 9.82. The number of rotatable bonds is 5. The summed E-state index contributed by atoms with van der Waals surface area (Å²) in [6, 6.07) is 7.31. The highest BCUT2D eigenvalue weighted by molar-refractivity contribution is 5.89. The van der Waals surface area contributed by atoms with E-state index in [1.807, 2.05) is 45.0 Å². The van der Waals surface area contributed by atoms with E-state index in [-0.39, 0.29) is 6.03 Å². The minimum Gasteiger partial charge on any atom is -0.494 e. The molecule has 0 aliphatic carbocycles. The minimum absolute atomic E-state index is 0.0702. The van der Waals surface area contributed by atoms with Crippen LogP contribution in [0.25, 0.3) is 0 Å². The number of hydrogen-bond acceptors (Lipinski definition) is 2. The molecule has 0 saturated carbocycles. The van der Waals surface area contributed by atoms with Crippen LogP contribution in [0.3, 0.4) is 0 Å². The fourth-order valence-electron chi connectivity index (χ4n) is 1.51. The van der Waals surface area contributed by atoms with Gasteiger partial charge in [0.25, 0.3) is 0 Å². The summed E-state index contributed by atoms with van der Waals surface area (Å²) in [5.41, 5.74) is 0.783. The zero-order valence-corrected chi connectivity index (χ0v) is 10.7. The van der Waals surface area contributed by atoms with E-state index in [2.05, 4.69) is 5.32 Å². The van der Waals surface area contributed by atoms with E-state index < -0.39 is 0 Å². The molecule has 0 aliphatic heterocycles. The van der Waals surface area contributed by atoms with Gasteiger partial charge in [-0.3, -0.25) is 0 Å². The van der Waals surface area contributed by atoms with Gasteiger partial charge in [0, 0.05) is 18.8 Å². The van der Waals surface area contributed by atoms with E-state index in [0.717, 1.165) is 11.4 Å². The maximum atomic E-state index is 11.8. The molecule has 0 fully saturated rings. The molecule has 94 valence electrons. The minimum atomic E-state index is -0.0702. The monoisotopic (exact) mass is 236 g/mol. The van der Waals surface area contributed by atoms with Gasteiger partial charge in [-0.15, -0.1) is 0 Å². The van der Waals surface area contributed by atoms with Crippen molar-refractivity contribution in [1.29, 1.82) is 0 Å². The lowest BCUT2D eigenvalue weighted by atomic mass is 10.3. The van der Waals surface area contributed by atoms with Crippen molar-refractivity contribution < 1.29 is 9.53 Å². The summed E-state index contributed by atoms with van der Waals surface area (Å²) < 4.78 is 5.33. The van der Waals surface area contributed by atoms with Crippen molar-refractivity contribution in [3.63, 3.8) is 0 Å². The van der Waals surface area contributed by atoms with Crippen molar-refractivity contribution in [1.82, 2.24) is 4.90 Å². The van der Waals surface area contributed by atoms with E-state index in [4.69, 9.17) is 4.74 Å². The maximum Gasteiger partial charge on any atom is 0.321 e. The quantitative estimate of drug-likeness (QED) is 0.854. The van der Waals surface area contributed by atoms with Gasteiger partial charge < -0.3 is 15.0 Å². The first kappa shape index (κ1) is 13.4. The number of hydrogen-bond donors (Lipinski definition) is 1. The molecule has 4 nitrogen and oxygen atoms in total. The fraction of sp³-hybridized carbons (Fsp3) is 0.462. The predicted molar refractivity (Wildman–Crippen MR) is 69.6 cm³/mol. The number of benzene rings is 1. The molecule has 0 unspecified atom stereocenters. The van der Waals surface area contributed by atoms with Gasteiger partial charge in [0.2, 0.25) is 0 Å². The Kier molecular flexibility index (Phi) is 5.33. The number of anilines is 1. The predicted octanol–water partition coefficient (Wildman–Crippen LogP) is 2.96. The zero-order valence-electron chi connectivity index (χ0n) is 10.7. The molecule has 1 rings (SSSR count). The van der Waals surface area contributed by atoms with Crippen molar-refractivity contribution in [3.05, 3.63) is 24.3 Å². The Bertz CT molecular complexity index is 345. The van der Waals surface area contributed by atoms with E-state index in [1.165, 1.54) is 0 Å². The number of nitrogens with zero attached hydrogens (tertiary/aromatic N) is 1. The van der Waals surface area contributed by atoms with Crippen molar-refractivity contribution >= 4 is 11.7 Å². The molecule has 0 heterocycles. The van der Waals surface area contributed by atoms with Crippen LogP contribution in [-0.2, 0) is 0 Å². The average Bonchev–Trinajstić information content (AvgIpc) is 2.33. The molecule has 2 amide bonds. The van der Waals surface area contributed by atoms with E-state index >= 15 is 0 Å². The Balaban J connectivity index is 2.59. The lowest BCUT2D eigenvalue weighted by molar-refractivity contribution is 0.217. The van der Waals surface area contributed by atoms with Crippen LogP contribution >= 0.6 is 0 Å². The Morgan fingerprint density at radius 1 is 1.18 bits per heavy atom. The highest BCUT2D eigenvalue weighted by Gasteiger charge is 2.08. The largest absolute Gasteiger partial charge is 0.494 e. The van der Waals surface area contributed by atoms with Gasteiger partial charge in [-0.25, -0.2) is 4.79 Å². The lowest BCUT2D eigenvalue weighted by Gasteiger charge is -2.19. The van der Waals surface area contributed by atoms with Crippen LogP contribution in [0.1, 0.15) is 20.8 Å². The molecule has 1 N–H and O–H groups in total. The van der Waals surface area contributed by atoms with Crippen LogP contribution in [0.2, 0.25) is 0 Å². The van der Waals surface area contributed by atoms with Gasteiger partial charge in [-0.1, -0.05) is 0 Å². The third-order valence-electron chi connectivity index (χ3n) is 2.47. The topological polar surface area (TPSA) is 41.6 Å². The second-order valence-electron chi connectivity index (χ2n) is 3.56. The van der Waals surface area contributed by atoms with Crippen molar-refractivity contribution in [3.8, 4) is 5.75 Å². The van der Waals surface area contributed by atoms with E-state index in [1.54, 1.807) is 4.90 Å². The first-order valence-corrected chi connectivity index (χ1v) is 6.00. The fourth-order valence-corrected chi connectivity index (χ4v) is 1.51.